The third kappa shape index (κ3) is 5.74. The van der Waals surface area contributed by atoms with Crippen molar-refractivity contribution in [1.82, 2.24) is 9.97 Å². The van der Waals surface area contributed by atoms with Crippen LogP contribution in [0.1, 0.15) is 45.4 Å². The molecule has 6 nitrogen and oxygen atoms in total. The zero-order valence-electron chi connectivity index (χ0n) is 14.8. The van der Waals surface area contributed by atoms with E-state index in [-0.39, 0.29) is 11.9 Å². The smallest absolute Gasteiger partial charge is 0.333 e. The van der Waals surface area contributed by atoms with Crippen molar-refractivity contribution in [2.24, 2.45) is 0 Å². The molecular formula is C19H24N2O4. The molecule has 1 aromatic carbocycles. The summed E-state index contributed by atoms with van der Waals surface area (Å²) in [5.74, 6) is 0.717. The molecule has 0 spiro atoms. The van der Waals surface area contributed by atoms with Crippen molar-refractivity contribution < 1.29 is 19.1 Å². The van der Waals surface area contributed by atoms with E-state index < -0.39 is 0 Å². The molecule has 0 atom stereocenters. The number of rotatable bonds is 9. The van der Waals surface area contributed by atoms with Crippen molar-refractivity contribution in [3.63, 3.8) is 0 Å². The summed E-state index contributed by atoms with van der Waals surface area (Å²) >= 11 is 0. The quantitative estimate of drug-likeness (QED) is 0.324. The van der Waals surface area contributed by atoms with Gasteiger partial charge < -0.3 is 14.5 Å². The molecule has 0 saturated heterocycles. The van der Waals surface area contributed by atoms with Crippen molar-refractivity contribution >= 4 is 23.0 Å². The highest BCUT2D eigenvalue weighted by molar-refractivity contribution is 5.86. The summed E-state index contributed by atoms with van der Waals surface area (Å²) in [7, 11) is 0. The van der Waals surface area contributed by atoms with Gasteiger partial charge in [0.15, 0.2) is 0 Å². The fraction of sp³-hybridized carbons (Fsp3) is 0.421. The SMILES string of the molecule is C=C(C)C(=O)OCCCc1nc2ccc(OC(=O)CCCC)cc2[nH]1. The topological polar surface area (TPSA) is 81.3 Å². The summed E-state index contributed by atoms with van der Waals surface area (Å²) in [6.45, 7) is 7.51. The van der Waals surface area contributed by atoms with E-state index in [9.17, 15) is 9.59 Å². The summed E-state index contributed by atoms with van der Waals surface area (Å²) in [5, 5.41) is 0. The van der Waals surface area contributed by atoms with Crippen molar-refractivity contribution in [3.05, 3.63) is 36.2 Å². The minimum Gasteiger partial charge on any atom is -0.462 e. The molecule has 0 fully saturated rings. The van der Waals surface area contributed by atoms with Crippen LogP contribution in [-0.4, -0.2) is 28.5 Å². The highest BCUT2D eigenvalue weighted by atomic mass is 16.5. The standard InChI is InChI=1S/C19H24N2O4/c1-4-5-8-18(22)25-14-9-10-15-16(12-14)21-17(20-15)7-6-11-24-19(23)13(2)3/h9-10,12H,2,4-8,11H2,1,3H3,(H,20,21). The first kappa shape index (κ1) is 18.7. The third-order valence-electron chi connectivity index (χ3n) is 3.61. The van der Waals surface area contributed by atoms with Gasteiger partial charge in [-0.1, -0.05) is 19.9 Å². The molecule has 0 unspecified atom stereocenters. The highest BCUT2D eigenvalue weighted by Crippen LogP contribution is 2.20. The number of carbonyl (C=O) groups is 2. The summed E-state index contributed by atoms with van der Waals surface area (Å²) in [6, 6.07) is 5.33. The number of esters is 2. The molecule has 1 aromatic heterocycles. The fourth-order valence-electron chi connectivity index (χ4n) is 2.25. The van der Waals surface area contributed by atoms with Gasteiger partial charge in [0.2, 0.25) is 0 Å². The molecule has 0 aliphatic heterocycles. The lowest BCUT2D eigenvalue weighted by Gasteiger charge is -2.03. The third-order valence-corrected chi connectivity index (χ3v) is 3.61. The molecule has 0 radical (unpaired) electrons. The molecule has 0 saturated carbocycles. The average molecular weight is 344 g/mol. The zero-order chi connectivity index (χ0) is 18.2. The highest BCUT2D eigenvalue weighted by Gasteiger charge is 2.08. The van der Waals surface area contributed by atoms with E-state index in [0.29, 0.717) is 37.2 Å². The van der Waals surface area contributed by atoms with Gasteiger partial charge in [-0.3, -0.25) is 4.79 Å². The molecule has 2 aromatic rings. The Morgan fingerprint density at radius 3 is 2.80 bits per heavy atom. The number of nitrogens with one attached hydrogen (secondary N) is 1. The number of H-pyrrole nitrogens is 1. The van der Waals surface area contributed by atoms with Crippen molar-refractivity contribution in [1.29, 1.82) is 0 Å². The Kier molecular flexibility index (Phi) is 6.74. The van der Waals surface area contributed by atoms with E-state index in [2.05, 4.69) is 16.5 Å². The molecule has 134 valence electrons. The normalized spacial score (nSPS) is 10.6. The van der Waals surface area contributed by atoms with Crippen LogP contribution in [0.5, 0.6) is 5.75 Å². The van der Waals surface area contributed by atoms with Crippen LogP contribution in [0.4, 0.5) is 0 Å². The second-order valence-corrected chi connectivity index (χ2v) is 5.96. The average Bonchev–Trinajstić information content (AvgIpc) is 2.98. The maximum Gasteiger partial charge on any atom is 0.333 e. The lowest BCUT2D eigenvalue weighted by atomic mass is 10.2. The van der Waals surface area contributed by atoms with Crippen LogP contribution < -0.4 is 4.74 Å². The van der Waals surface area contributed by atoms with Crippen LogP contribution in [0, 0.1) is 0 Å². The second-order valence-electron chi connectivity index (χ2n) is 5.96. The van der Waals surface area contributed by atoms with Crippen LogP contribution in [0.3, 0.4) is 0 Å². The molecule has 0 aliphatic rings. The first-order valence-corrected chi connectivity index (χ1v) is 8.51. The Morgan fingerprint density at radius 2 is 2.08 bits per heavy atom. The molecule has 0 aliphatic carbocycles. The number of aromatic nitrogens is 2. The number of hydrogen-bond donors (Lipinski definition) is 1. The lowest BCUT2D eigenvalue weighted by molar-refractivity contribution is -0.139. The number of aryl methyl sites for hydroxylation is 1. The van der Waals surface area contributed by atoms with Gasteiger partial charge >= 0.3 is 11.9 Å². The van der Waals surface area contributed by atoms with E-state index in [4.69, 9.17) is 9.47 Å². The number of ether oxygens (including phenoxy) is 2. The number of hydrogen-bond acceptors (Lipinski definition) is 5. The number of aromatic amines is 1. The Hall–Kier alpha value is -2.63. The monoisotopic (exact) mass is 344 g/mol. The molecule has 25 heavy (non-hydrogen) atoms. The van der Waals surface area contributed by atoms with Crippen molar-refractivity contribution in [2.45, 2.75) is 46.0 Å². The largest absolute Gasteiger partial charge is 0.462 e. The molecule has 1 heterocycles. The van der Waals surface area contributed by atoms with E-state index in [1.165, 1.54) is 0 Å². The lowest BCUT2D eigenvalue weighted by Crippen LogP contribution is -2.07. The Bertz CT molecular complexity index is 764. The van der Waals surface area contributed by atoms with Gasteiger partial charge in [0.1, 0.15) is 11.6 Å². The van der Waals surface area contributed by atoms with E-state index in [1.54, 1.807) is 19.1 Å². The van der Waals surface area contributed by atoms with Gasteiger partial charge in [-0.05, 0) is 31.9 Å². The van der Waals surface area contributed by atoms with Gasteiger partial charge in [-0.15, -0.1) is 0 Å². The molecule has 0 bridgehead atoms. The van der Waals surface area contributed by atoms with Gasteiger partial charge in [-0.25, -0.2) is 9.78 Å². The van der Waals surface area contributed by atoms with Crippen LogP contribution in [0.15, 0.2) is 30.4 Å². The number of carbonyl (C=O) groups excluding carboxylic acids is 2. The second kappa shape index (κ2) is 9.01. The number of imidazole rings is 1. The van der Waals surface area contributed by atoms with E-state index in [1.807, 2.05) is 13.0 Å². The predicted octanol–water partition coefficient (Wildman–Crippen LogP) is 3.71. The van der Waals surface area contributed by atoms with Gasteiger partial charge in [0, 0.05) is 24.5 Å². The van der Waals surface area contributed by atoms with Crippen LogP contribution in [0.2, 0.25) is 0 Å². The molecule has 1 N–H and O–H groups in total. The number of unbranched alkanes of at least 4 members (excludes halogenated alkanes) is 1. The van der Waals surface area contributed by atoms with Gasteiger partial charge in [0.25, 0.3) is 0 Å². The number of nitrogens with zero attached hydrogens (tertiary/aromatic N) is 1. The maximum atomic E-state index is 11.7. The Labute approximate surface area is 147 Å². The van der Waals surface area contributed by atoms with Crippen molar-refractivity contribution in [3.8, 4) is 5.75 Å². The van der Waals surface area contributed by atoms with E-state index in [0.717, 1.165) is 29.7 Å². The number of benzene rings is 1. The van der Waals surface area contributed by atoms with Crippen LogP contribution in [-0.2, 0) is 20.7 Å². The summed E-state index contributed by atoms with van der Waals surface area (Å²) in [5.41, 5.74) is 2.02. The molecule has 0 amide bonds. The first-order chi connectivity index (χ1) is 12.0. The zero-order valence-corrected chi connectivity index (χ0v) is 14.8. The Balaban J connectivity index is 1.90. The molecule has 6 heteroatoms. The first-order valence-electron chi connectivity index (χ1n) is 8.51. The summed E-state index contributed by atoms with van der Waals surface area (Å²) in [4.78, 5) is 30.7. The molecular weight excluding hydrogens is 320 g/mol. The maximum absolute atomic E-state index is 11.7. The predicted molar refractivity (Wildman–Crippen MR) is 95.3 cm³/mol. The number of fused-ring (bicyclic) bond motifs is 1. The summed E-state index contributed by atoms with van der Waals surface area (Å²) < 4.78 is 10.4. The Morgan fingerprint density at radius 1 is 1.28 bits per heavy atom. The van der Waals surface area contributed by atoms with Crippen LogP contribution >= 0.6 is 0 Å². The van der Waals surface area contributed by atoms with Gasteiger partial charge in [-0.2, -0.15) is 0 Å². The minimum absolute atomic E-state index is 0.222. The van der Waals surface area contributed by atoms with Gasteiger partial charge in [0.05, 0.1) is 17.6 Å². The van der Waals surface area contributed by atoms with Crippen molar-refractivity contribution in [2.75, 3.05) is 6.61 Å². The fourth-order valence-corrected chi connectivity index (χ4v) is 2.25. The molecule has 2 rings (SSSR count). The summed E-state index contributed by atoms with van der Waals surface area (Å²) in [6.07, 6.45) is 3.53. The minimum atomic E-state index is -0.376. The van der Waals surface area contributed by atoms with Crippen LogP contribution in [0.25, 0.3) is 11.0 Å². The van der Waals surface area contributed by atoms with E-state index >= 15 is 0 Å².